The van der Waals surface area contributed by atoms with Gasteiger partial charge in [-0.25, -0.2) is 4.79 Å². The maximum absolute atomic E-state index is 12.5. The Bertz CT molecular complexity index is 1040. The van der Waals surface area contributed by atoms with Gasteiger partial charge in [0.05, 0.1) is 16.8 Å². The van der Waals surface area contributed by atoms with E-state index < -0.39 is 5.97 Å². The number of hydrogen-bond donors (Lipinski definition) is 1. The lowest BCUT2D eigenvalue weighted by atomic mass is 10.1. The van der Waals surface area contributed by atoms with E-state index in [1.807, 2.05) is 24.3 Å². The quantitative estimate of drug-likeness (QED) is 0.724. The van der Waals surface area contributed by atoms with Gasteiger partial charge in [0.2, 0.25) is 0 Å². The molecule has 0 saturated heterocycles. The maximum Gasteiger partial charge on any atom is 0.335 e. The van der Waals surface area contributed by atoms with Crippen molar-refractivity contribution in [3.05, 3.63) is 77.6 Å². The number of furan rings is 1. The van der Waals surface area contributed by atoms with Crippen molar-refractivity contribution in [2.24, 2.45) is 0 Å². The number of carbonyl (C=O) groups is 2. The minimum absolute atomic E-state index is 0.0741. The number of likely N-dealkylation sites (N-methyl/N-ethyl adjacent to an activating group) is 1. The average Bonchev–Trinajstić information content (AvgIpc) is 3.22. The molecule has 0 spiro atoms. The van der Waals surface area contributed by atoms with Crippen LogP contribution >= 0.6 is 0 Å². The van der Waals surface area contributed by atoms with Crippen LogP contribution in [0.2, 0.25) is 0 Å². The summed E-state index contributed by atoms with van der Waals surface area (Å²) in [6.45, 7) is 0. The molecule has 1 aliphatic heterocycles. The normalized spacial score (nSPS) is 14.7. The number of aromatic carboxylic acids is 1. The Labute approximate surface area is 149 Å². The van der Waals surface area contributed by atoms with Crippen molar-refractivity contribution in [3.8, 4) is 11.3 Å². The van der Waals surface area contributed by atoms with Crippen LogP contribution in [-0.4, -0.2) is 24.0 Å². The van der Waals surface area contributed by atoms with E-state index in [1.54, 1.807) is 42.3 Å². The lowest BCUT2D eigenvalue weighted by molar-refractivity contribution is -0.112. The first-order valence-electron chi connectivity index (χ1n) is 8.07. The summed E-state index contributed by atoms with van der Waals surface area (Å²) in [6.07, 6.45) is 1.74. The van der Waals surface area contributed by atoms with E-state index in [0.29, 0.717) is 17.1 Å². The molecular formula is C21H15NO4. The zero-order valence-corrected chi connectivity index (χ0v) is 14.0. The van der Waals surface area contributed by atoms with Gasteiger partial charge in [-0.15, -0.1) is 0 Å². The van der Waals surface area contributed by atoms with E-state index in [9.17, 15) is 9.59 Å². The number of benzene rings is 2. The highest BCUT2D eigenvalue weighted by Gasteiger charge is 2.29. The van der Waals surface area contributed by atoms with Crippen molar-refractivity contribution in [1.29, 1.82) is 0 Å². The Morgan fingerprint density at radius 2 is 1.77 bits per heavy atom. The first-order chi connectivity index (χ1) is 12.5. The van der Waals surface area contributed by atoms with Gasteiger partial charge in [0.25, 0.3) is 5.91 Å². The average molecular weight is 345 g/mol. The highest BCUT2D eigenvalue weighted by Crippen LogP contribution is 2.37. The zero-order valence-electron chi connectivity index (χ0n) is 14.0. The molecule has 1 amide bonds. The Balaban J connectivity index is 1.68. The van der Waals surface area contributed by atoms with Crippen LogP contribution in [0.4, 0.5) is 5.69 Å². The fourth-order valence-corrected chi connectivity index (χ4v) is 3.04. The second-order valence-corrected chi connectivity index (χ2v) is 6.02. The number of para-hydroxylation sites is 1. The van der Waals surface area contributed by atoms with Gasteiger partial charge in [-0.05, 0) is 36.4 Å². The van der Waals surface area contributed by atoms with Crippen LogP contribution in [-0.2, 0) is 4.79 Å². The second-order valence-electron chi connectivity index (χ2n) is 6.02. The predicted octanol–water partition coefficient (Wildman–Crippen LogP) is 4.16. The van der Waals surface area contributed by atoms with Crippen LogP contribution in [0.25, 0.3) is 23.0 Å². The summed E-state index contributed by atoms with van der Waals surface area (Å²) < 4.78 is 5.84. The third kappa shape index (κ3) is 2.59. The summed E-state index contributed by atoms with van der Waals surface area (Å²) >= 11 is 0. The highest BCUT2D eigenvalue weighted by molar-refractivity contribution is 6.35. The van der Waals surface area contributed by atoms with E-state index in [-0.39, 0.29) is 11.5 Å². The van der Waals surface area contributed by atoms with Crippen LogP contribution in [0.1, 0.15) is 21.7 Å². The molecular weight excluding hydrogens is 330 g/mol. The first kappa shape index (κ1) is 15.9. The third-order valence-electron chi connectivity index (χ3n) is 4.42. The number of amides is 1. The van der Waals surface area contributed by atoms with E-state index in [2.05, 4.69) is 0 Å². The van der Waals surface area contributed by atoms with Gasteiger partial charge in [-0.1, -0.05) is 30.3 Å². The van der Waals surface area contributed by atoms with Crippen LogP contribution in [0.5, 0.6) is 0 Å². The molecule has 5 nitrogen and oxygen atoms in total. The number of nitrogens with zero attached hydrogens (tertiary/aromatic N) is 1. The third-order valence-corrected chi connectivity index (χ3v) is 4.42. The van der Waals surface area contributed by atoms with Crippen molar-refractivity contribution in [1.82, 2.24) is 0 Å². The molecule has 0 aliphatic carbocycles. The lowest BCUT2D eigenvalue weighted by Crippen LogP contribution is -2.20. The molecule has 5 heteroatoms. The van der Waals surface area contributed by atoms with Gasteiger partial charge < -0.3 is 14.4 Å². The van der Waals surface area contributed by atoms with Crippen LogP contribution in [0.15, 0.2) is 65.1 Å². The maximum atomic E-state index is 12.5. The fraction of sp³-hybridized carbons (Fsp3) is 0.0476. The number of hydrogen-bond acceptors (Lipinski definition) is 3. The van der Waals surface area contributed by atoms with Crippen molar-refractivity contribution >= 4 is 29.2 Å². The molecule has 128 valence electrons. The number of carbonyl (C=O) groups excluding carboxylic acids is 1. The fourth-order valence-electron chi connectivity index (χ4n) is 3.04. The minimum atomic E-state index is -0.969. The molecule has 1 aliphatic rings. The molecule has 0 unspecified atom stereocenters. The largest absolute Gasteiger partial charge is 0.478 e. The van der Waals surface area contributed by atoms with Crippen molar-refractivity contribution in [3.63, 3.8) is 0 Å². The van der Waals surface area contributed by atoms with Crippen LogP contribution in [0, 0.1) is 0 Å². The number of anilines is 1. The van der Waals surface area contributed by atoms with E-state index in [0.717, 1.165) is 16.8 Å². The van der Waals surface area contributed by atoms with Crippen molar-refractivity contribution in [2.75, 3.05) is 11.9 Å². The van der Waals surface area contributed by atoms with Gasteiger partial charge >= 0.3 is 5.97 Å². The van der Waals surface area contributed by atoms with Gasteiger partial charge in [0.1, 0.15) is 11.5 Å². The van der Waals surface area contributed by atoms with E-state index >= 15 is 0 Å². The van der Waals surface area contributed by atoms with Gasteiger partial charge in [0, 0.05) is 18.2 Å². The Kier molecular flexibility index (Phi) is 3.69. The molecule has 1 N–H and O–H groups in total. The molecule has 1 aromatic heterocycles. The number of fused-ring (bicyclic) bond motifs is 1. The number of rotatable bonds is 3. The Morgan fingerprint density at radius 3 is 2.50 bits per heavy atom. The molecule has 0 atom stereocenters. The summed E-state index contributed by atoms with van der Waals surface area (Å²) in [6, 6.07) is 17.7. The monoisotopic (exact) mass is 345 g/mol. The zero-order chi connectivity index (χ0) is 18.3. The summed E-state index contributed by atoms with van der Waals surface area (Å²) in [5.41, 5.74) is 3.34. The molecule has 4 rings (SSSR count). The first-order valence-corrected chi connectivity index (χ1v) is 8.07. The van der Waals surface area contributed by atoms with Crippen LogP contribution < -0.4 is 4.90 Å². The lowest BCUT2D eigenvalue weighted by Gasteiger charge is -2.07. The Hall–Kier alpha value is -3.60. The van der Waals surface area contributed by atoms with Gasteiger partial charge in [-0.2, -0.15) is 0 Å². The topological polar surface area (TPSA) is 70.8 Å². The second kappa shape index (κ2) is 6.04. The van der Waals surface area contributed by atoms with Crippen LogP contribution in [0.3, 0.4) is 0 Å². The smallest absolute Gasteiger partial charge is 0.335 e. The Morgan fingerprint density at radius 1 is 1.04 bits per heavy atom. The van der Waals surface area contributed by atoms with Crippen molar-refractivity contribution in [2.45, 2.75) is 0 Å². The van der Waals surface area contributed by atoms with Gasteiger partial charge in [-0.3, -0.25) is 4.79 Å². The summed E-state index contributed by atoms with van der Waals surface area (Å²) in [5, 5.41) is 8.97. The van der Waals surface area contributed by atoms with Crippen molar-refractivity contribution < 1.29 is 19.1 Å². The SMILES string of the molecule is CN1C(=O)C(=Cc2ccc(-c3ccc(C(=O)O)cc3)o2)c2ccccc21. The molecule has 0 saturated carbocycles. The highest BCUT2D eigenvalue weighted by atomic mass is 16.4. The number of carboxylic acids is 1. The standard InChI is InChI=1S/C21H15NO4/c1-22-18-5-3-2-4-16(18)17(20(22)23)12-15-10-11-19(26-15)13-6-8-14(9-7-13)21(24)25/h2-12H,1H3,(H,24,25). The minimum Gasteiger partial charge on any atom is -0.478 e. The van der Waals surface area contributed by atoms with E-state index in [1.165, 1.54) is 12.1 Å². The molecule has 0 fully saturated rings. The molecule has 2 heterocycles. The molecule has 0 bridgehead atoms. The molecule has 26 heavy (non-hydrogen) atoms. The summed E-state index contributed by atoms with van der Waals surface area (Å²) in [7, 11) is 1.75. The summed E-state index contributed by atoms with van der Waals surface area (Å²) in [4.78, 5) is 25.1. The molecule has 3 aromatic rings. The predicted molar refractivity (Wildman–Crippen MR) is 98.8 cm³/mol. The molecule has 2 aromatic carbocycles. The number of carboxylic acid groups (broad SMARTS) is 1. The molecule has 0 radical (unpaired) electrons. The van der Waals surface area contributed by atoms with E-state index in [4.69, 9.17) is 9.52 Å². The van der Waals surface area contributed by atoms with Gasteiger partial charge in [0.15, 0.2) is 0 Å². The summed E-state index contributed by atoms with van der Waals surface area (Å²) in [5.74, 6) is 0.135.